The SMILES string of the molecule is CCCN(C(=O)Nc1nc(OC)cc(OC)n1)S(=O)(=O)c1cccc2c1S(=O)(=O)NC2. The standard InChI is InChI=1S/C17H21N5O7S2/c1-4-8-22(17(23)21-16-19-13(28-2)9-14(20-16)29-3)31(26,27)12-7-5-6-11-10-18-30(24,25)15(11)12/h5-7,9,18H,4,8,10H2,1-3H3,(H,19,20,21,23). The lowest BCUT2D eigenvalue weighted by Crippen LogP contribution is -2.41. The van der Waals surface area contributed by atoms with Crippen molar-refractivity contribution in [1.82, 2.24) is 19.0 Å². The van der Waals surface area contributed by atoms with E-state index in [9.17, 15) is 21.6 Å². The number of methoxy groups -OCH3 is 2. The van der Waals surface area contributed by atoms with Gasteiger partial charge >= 0.3 is 6.03 Å². The highest BCUT2D eigenvalue weighted by Crippen LogP contribution is 2.31. The quantitative estimate of drug-likeness (QED) is 0.599. The van der Waals surface area contributed by atoms with Crippen LogP contribution < -0.4 is 19.5 Å². The zero-order valence-electron chi connectivity index (χ0n) is 16.9. The van der Waals surface area contributed by atoms with E-state index < -0.39 is 31.0 Å². The Balaban J connectivity index is 2.01. The van der Waals surface area contributed by atoms with Crippen LogP contribution in [0.25, 0.3) is 0 Å². The van der Waals surface area contributed by atoms with Gasteiger partial charge in [0.25, 0.3) is 10.0 Å². The molecule has 0 saturated carbocycles. The Morgan fingerprint density at radius 1 is 1.23 bits per heavy atom. The third kappa shape index (κ3) is 4.40. The van der Waals surface area contributed by atoms with E-state index in [1.165, 1.54) is 32.4 Å². The number of ether oxygens (including phenoxy) is 2. The minimum Gasteiger partial charge on any atom is -0.481 e. The molecule has 31 heavy (non-hydrogen) atoms. The first-order valence-electron chi connectivity index (χ1n) is 9.06. The molecule has 1 aliphatic heterocycles. The first-order chi connectivity index (χ1) is 14.6. The molecule has 1 aromatic heterocycles. The summed E-state index contributed by atoms with van der Waals surface area (Å²) in [7, 11) is -5.84. The van der Waals surface area contributed by atoms with Gasteiger partial charge in [-0.05, 0) is 18.1 Å². The molecule has 12 nitrogen and oxygen atoms in total. The molecule has 0 atom stereocenters. The summed E-state index contributed by atoms with van der Waals surface area (Å²) in [5.74, 6) is -0.0692. The molecule has 2 heterocycles. The summed E-state index contributed by atoms with van der Waals surface area (Å²) in [5, 5.41) is 2.30. The summed E-state index contributed by atoms with van der Waals surface area (Å²) < 4.78 is 64.2. The fourth-order valence-electron chi connectivity index (χ4n) is 2.93. The van der Waals surface area contributed by atoms with Crippen LogP contribution in [-0.2, 0) is 26.6 Å². The molecular formula is C17H21N5O7S2. The fourth-order valence-corrected chi connectivity index (χ4v) is 6.43. The Kier molecular flexibility index (Phi) is 6.33. The number of carbonyl (C=O) groups excluding carboxylic acids is 1. The van der Waals surface area contributed by atoms with E-state index in [1.54, 1.807) is 6.92 Å². The molecule has 0 aliphatic carbocycles. The number of anilines is 1. The van der Waals surface area contributed by atoms with Crippen molar-refractivity contribution < 1.29 is 31.1 Å². The van der Waals surface area contributed by atoms with E-state index in [4.69, 9.17) is 9.47 Å². The highest BCUT2D eigenvalue weighted by Gasteiger charge is 2.38. The monoisotopic (exact) mass is 471 g/mol. The molecule has 1 aromatic carbocycles. The molecule has 2 aromatic rings. The Morgan fingerprint density at radius 2 is 1.87 bits per heavy atom. The van der Waals surface area contributed by atoms with E-state index in [0.29, 0.717) is 9.87 Å². The van der Waals surface area contributed by atoms with E-state index in [1.807, 2.05) is 0 Å². The fraction of sp³-hybridized carbons (Fsp3) is 0.353. The molecule has 0 saturated heterocycles. The van der Waals surface area contributed by atoms with Crippen molar-refractivity contribution in [3.63, 3.8) is 0 Å². The lowest BCUT2D eigenvalue weighted by Gasteiger charge is -2.23. The third-order valence-corrected chi connectivity index (χ3v) is 7.82. The van der Waals surface area contributed by atoms with Gasteiger partial charge in [-0.2, -0.15) is 9.97 Å². The maximum atomic E-state index is 13.3. The lowest BCUT2D eigenvalue weighted by molar-refractivity contribution is 0.235. The van der Waals surface area contributed by atoms with Crippen LogP contribution in [0.2, 0.25) is 0 Å². The van der Waals surface area contributed by atoms with Crippen molar-refractivity contribution >= 4 is 32.0 Å². The van der Waals surface area contributed by atoms with Crippen LogP contribution in [0.15, 0.2) is 34.1 Å². The van der Waals surface area contributed by atoms with Crippen molar-refractivity contribution in [2.75, 3.05) is 26.1 Å². The number of aromatic nitrogens is 2. The Bertz CT molecular complexity index is 1190. The molecular weight excluding hydrogens is 450 g/mol. The maximum Gasteiger partial charge on any atom is 0.338 e. The van der Waals surface area contributed by atoms with Gasteiger partial charge in [-0.25, -0.2) is 30.7 Å². The molecule has 0 bridgehead atoms. The van der Waals surface area contributed by atoms with Gasteiger partial charge < -0.3 is 9.47 Å². The average Bonchev–Trinajstić information content (AvgIpc) is 3.06. The van der Waals surface area contributed by atoms with E-state index >= 15 is 0 Å². The number of hydrogen-bond donors (Lipinski definition) is 2. The number of nitrogens with one attached hydrogen (secondary N) is 2. The summed E-state index contributed by atoms with van der Waals surface area (Å²) in [6.07, 6.45) is 0.287. The first-order valence-corrected chi connectivity index (χ1v) is 12.0. The number of rotatable bonds is 7. The summed E-state index contributed by atoms with van der Waals surface area (Å²) in [5.41, 5.74) is 0.304. The topological polar surface area (TPSA) is 157 Å². The minimum atomic E-state index is -4.53. The number of amides is 2. The molecule has 0 spiro atoms. The Hall–Kier alpha value is -2.97. The van der Waals surface area contributed by atoms with Crippen LogP contribution in [0.4, 0.5) is 10.7 Å². The highest BCUT2D eigenvalue weighted by atomic mass is 32.2. The van der Waals surface area contributed by atoms with Gasteiger partial charge in [-0.1, -0.05) is 19.1 Å². The predicted molar refractivity (Wildman–Crippen MR) is 109 cm³/mol. The van der Waals surface area contributed by atoms with Gasteiger partial charge in [0.05, 0.1) is 20.3 Å². The minimum absolute atomic E-state index is 0.0293. The van der Waals surface area contributed by atoms with E-state index in [-0.39, 0.29) is 42.1 Å². The normalized spacial score (nSPS) is 14.5. The first kappa shape index (κ1) is 22.7. The number of hydrogen-bond acceptors (Lipinski definition) is 9. The summed E-state index contributed by atoms with van der Waals surface area (Å²) in [6, 6.07) is 4.40. The van der Waals surface area contributed by atoms with Crippen LogP contribution in [-0.4, -0.2) is 57.9 Å². The number of nitrogens with zero attached hydrogens (tertiary/aromatic N) is 3. The average molecular weight is 472 g/mol. The van der Waals surface area contributed by atoms with E-state index in [2.05, 4.69) is 20.0 Å². The molecule has 1 aliphatic rings. The third-order valence-electron chi connectivity index (χ3n) is 4.32. The zero-order valence-corrected chi connectivity index (χ0v) is 18.6. The zero-order chi connectivity index (χ0) is 22.8. The predicted octanol–water partition coefficient (Wildman–Crippen LogP) is 0.919. The Labute approximate surface area is 179 Å². The van der Waals surface area contributed by atoms with Gasteiger partial charge in [0.15, 0.2) is 0 Å². The number of benzene rings is 1. The van der Waals surface area contributed by atoms with Gasteiger partial charge in [-0.3, -0.25) is 5.32 Å². The second-order valence-electron chi connectivity index (χ2n) is 6.35. The van der Waals surface area contributed by atoms with Crippen molar-refractivity contribution in [3.8, 4) is 11.8 Å². The van der Waals surface area contributed by atoms with Crippen molar-refractivity contribution in [2.45, 2.75) is 29.7 Å². The summed E-state index contributed by atoms with van der Waals surface area (Å²) in [6.45, 7) is 1.44. The molecule has 0 radical (unpaired) electrons. The number of urea groups is 1. The van der Waals surface area contributed by atoms with Crippen LogP contribution in [0.5, 0.6) is 11.8 Å². The van der Waals surface area contributed by atoms with Crippen LogP contribution in [0.1, 0.15) is 18.9 Å². The van der Waals surface area contributed by atoms with Gasteiger partial charge in [0, 0.05) is 13.1 Å². The van der Waals surface area contributed by atoms with Crippen LogP contribution in [0, 0.1) is 0 Å². The molecule has 3 rings (SSSR count). The van der Waals surface area contributed by atoms with Crippen molar-refractivity contribution in [1.29, 1.82) is 0 Å². The number of sulfonamides is 2. The van der Waals surface area contributed by atoms with Crippen LogP contribution in [0.3, 0.4) is 0 Å². The Morgan fingerprint density at radius 3 is 2.45 bits per heavy atom. The molecule has 0 fully saturated rings. The van der Waals surface area contributed by atoms with Crippen molar-refractivity contribution in [2.24, 2.45) is 0 Å². The second-order valence-corrected chi connectivity index (χ2v) is 9.89. The number of carbonyl (C=O) groups is 1. The number of fused-ring (bicyclic) bond motifs is 1. The smallest absolute Gasteiger partial charge is 0.338 e. The van der Waals surface area contributed by atoms with Gasteiger partial charge in [0.2, 0.25) is 27.7 Å². The second kappa shape index (κ2) is 8.64. The maximum absolute atomic E-state index is 13.3. The molecule has 2 N–H and O–H groups in total. The molecule has 14 heteroatoms. The van der Waals surface area contributed by atoms with Crippen LogP contribution >= 0.6 is 0 Å². The molecule has 0 unspecified atom stereocenters. The molecule has 2 amide bonds. The molecule has 168 valence electrons. The van der Waals surface area contributed by atoms with Gasteiger partial charge in [-0.15, -0.1) is 0 Å². The summed E-state index contributed by atoms with van der Waals surface area (Å²) >= 11 is 0. The highest BCUT2D eigenvalue weighted by molar-refractivity contribution is 7.92. The van der Waals surface area contributed by atoms with E-state index in [0.717, 1.165) is 6.07 Å². The summed E-state index contributed by atoms with van der Waals surface area (Å²) in [4.78, 5) is 19.9. The lowest BCUT2D eigenvalue weighted by atomic mass is 10.2. The van der Waals surface area contributed by atoms with Crippen molar-refractivity contribution in [3.05, 3.63) is 29.8 Å². The largest absolute Gasteiger partial charge is 0.481 e. The van der Waals surface area contributed by atoms with Gasteiger partial charge in [0.1, 0.15) is 9.79 Å².